The van der Waals surface area contributed by atoms with Gasteiger partial charge in [0.15, 0.2) is 0 Å². The van der Waals surface area contributed by atoms with Gasteiger partial charge in [0.25, 0.3) is 0 Å². The lowest BCUT2D eigenvalue weighted by atomic mass is 9.94. The number of nitrogens with zero attached hydrogens (tertiary/aromatic N) is 2. The van der Waals surface area contributed by atoms with Crippen molar-refractivity contribution in [2.24, 2.45) is 0 Å². The Kier molecular flexibility index (Phi) is 3.95. The molecular formula is C17H22N2O2. The van der Waals surface area contributed by atoms with E-state index in [0.717, 1.165) is 43.4 Å². The first-order valence-electron chi connectivity index (χ1n) is 7.85. The van der Waals surface area contributed by atoms with Crippen molar-refractivity contribution in [2.45, 2.75) is 44.6 Å². The molecule has 1 fully saturated rings. The molecule has 0 spiro atoms. The molecule has 0 N–H and O–H groups in total. The molecule has 1 aromatic carbocycles. The molecule has 0 radical (unpaired) electrons. The Morgan fingerprint density at radius 1 is 1.14 bits per heavy atom. The average molecular weight is 286 g/mol. The number of anilines is 1. The Hall–Kier alpha value is -1.84. The number of carbonyl (C=O) groups excluding carboxylic acids is 2. The van der Waals surface area contributed by atoms with E-state index in [4.69, 9.17) is 0 Å². The van der Waals surface area contributed by atoms with Gasteiger partial charge in [0, 0.05) is 25.3 Å². The van der Waals surface area contributed by atoms with Crippen molar-refractivity contribution in [2.75, 3.05) is 18.5 Å². The highest BCUT2D eigenvalue weighted by molar-refractivity contribution is 6.40. The standard InChI is InChI=1S/C17H22N2O2/c1-18(14-8-3-2-4-9-14)16(20)17(21)19-12-11-13-7-5-6-10-15(13)19/h5-7,10,14H,2-4,8-9,11-12H2,1H3. The predicted molar refractivity (Wildman–Crippen MR) is 82.1 cm³/mol. The van der Waals surface area contributed by atoms with Crippen LogP contribution in [0.2, 0.25) is 0 Å². The van der Waals surface area contributed by atoms with Crippen LogP contribution in [0.4, 0.5) is 5.69 Å². The lowest BCUT2D eigenvalue weighted by molar-refractivity contribution is -0.145. The normalized spacial score (nSPS) is 18.4. The average Bonchev–Trinajstić information content (AvgIpc) is 2.97. The van der Waals surface area contributed by atoms with Crippen LogP contribution in [0.1, 0.15) is 37.7 Å². The molecule has 1 heterocycles. The van der Waals surface area contributed by atoms with Gasteiger partial charge >= 0.3 is 11.8 Å². The first-order chi connectivity index (χ1) is 10.2. The predicted octanol–water partition coefficient (Wildman–Crippen LogP) is 2.37. The summed E-state index contributed by atoms with van der Waals surface area (Å²) in [6.07, 6.45) is 6.43. The van der Waals surface area contributed by atoms with Crippen molar-refractivity contribution in [3.8, 4) is 0 Å². The molecule has 2 aliphatic rings. The topological polar surface area (TPSA) is 40.6 Å². The van der Waals surface area contributed by atoms with E-state index in [-0.39, 0.29) is 17.9 Å². The summed E-state index contributed by atoms with van der Waals surface area (Å²) < 4.78 is 0. The summed E-state index contributed by atoms with van der Waals surface area (Å²) >= 11 is 0. The zero-order valence-electron chi connectivity index (χ0n) is 12.5. The smallest absolute Gasteiger partial charge is 0.316 e. The van der Waals surface area contributed by atoms with E-state index in [0.29, 0.717) is 6.54 Å². The lowest BCUT2D eigenvalue weighted by Crippen LogP contribution is -2.47. The van der Waals surface area contributed by atoms with Gasteiger partial charge < -0.3 is 9.80 Å². The summed E-state index contributed by atoms with van der Waals surface area (Å²) in [6, 6.07) is 8.07. The Balaban J connectivity index is 1.72. The number of amides is 2. The second-order valence-electron chi connectivity index (χ2n) is 6.04. The number of hydrogen-bond donors (Lipinski definition) is 0. The Bertz CT molecular complexity index is 549. The minimum absolute atomic E-state index is 0.230. The number of benzene rings is 1. The van der Waals surface area contributed by atoms with E-state index >= 15 is 0 Å². The molecule has 1 aromatic rings. The van der Waals surface area contributed by atoms with Crippen LogP contribution < -0.4 is 4.90 Å². The van der Waals surface area contributed by atoms with Gasteiger partial charge in [-0.25, -0.2) is 0 Å². The molecule has 0 saturated heterocycles. The minimum Gasteiger partial charge on any atom is -0.335 e. The van der Waals surface area contributed by atoms with E-state index in [9.17, 15) is 9.59 Å². The first kappa shape index (κ1) is 14.1. The molecule has 21 heavy (non-hydrogen) atoms. The van der Waals surface area contributed by atoms with Crippen molar-refractivity contribution < 1.29 is 9.59 Å². The van der Waals surface area contributed by atoms with Crippen LogP contribution in [-0.2, 0) is 16.0 Å². The number of carbonyl (C=O) groups is 2. The maximum absolute atomic E-state index is 12.5. The molecule has 0 unspecified atom stereocenters. The second kappa shape index (κ2) is 5.88. The Labute approximate surface area is 125 Å². The van der Waals surface area contributed by atoms with Gasteiger partial charge in [-0.05, 0) is 30.9 Å². The highest BCUT2D eigenvalue weighted by Gasteiger charge is 2.33. The number of hydrogen-bond acceptors (Lipinski definition) is 2. The number of likely N-dealkylation sites (N-methyl/N-ethyl adjacent to an activating group) is 1. The Morgan fingerprint density at radius 3 is 2.62 bits per heavy atom. The lowest BCUT2D eigenvalue weighted by Gasteiger charge is -2.31. The zero-order chi connectivity index (χ0) is 14.8. The van der Waals surface area contributed by atoms with Crippen molar-refractivity contribution in [3.63, 3.8) is 0 Å². The van der Waals surface area contributed by atoms with Gasteiger partial charge in [0.2, 0.25) is 0 Å². The van der Waals surface area contributed by atoms with Crippen LogP contribution in [0.15, 0.2) is 24.3 Å². The highest BCUT2D eigenvalue weighted by Crippen LogP contribution is 2.28. The highest BCUT2D eigenvalue weighted by atomic mass is 16.2. The van der Waals surface area contributed by atoms with Crippen molar-refractivity contribution >= 4 is 17.5 Å². The molecule has 1 saturated carbocycles. The van der Waals surface area contributed by atoms with Gasteiger partial charge in [-0.2, -0.15) is 0 Å². The van der Waals surface area contributed by atoms with Gasteiger partial charge in [-0.1, -0.05) is 37.5 Å². The van der Waals surface area contributed by atoms with Gasteiger partial charge in [-0.15, -0.1) is 0 Å². The molecule has 1 aliphatic heterocycles. The maximum Gasteiger partial charge on any atom is 0.316 e. The third-order valence-electron chi connectivity index (χ3n) is 4.76. The summed E-state index contributed by atoms with van der Waals surface area (Å²) in [5, 5.41) is 0. The van der Waals surface area contributed by atoms with Gasteiger partial charge in [-0.3, -0.25) is 9.59 Å². The molecular weight excluding hydrogens is 264 g/mol. The molecule has 4 nitrogen and oxygen atoms in total. The molecule has 4 heteroatoms. The van der Waals surface area contributed by atoms with Crippen LogP contribution in [0.3, 0.4) is 0 Å². The molecule has 112 valence electrons. The van der Waals surface area contributed by atoms with Crippen molar-refractivity contribution in [3.05, 3.63) is 29.8 Å². The number of para-hydroxylation sites is 1. The minimum atomic E-state index is -0.381. The first-order valence-corrected chi connectivity index (χ1v) is 7.85. The van der Waals surface area contributed by atoms with Crippen molar-refractivity contribution in [1.29, 1.82) is 0 Å². The van der Waals surface area contributed by atoms with Crippen LogP contribution in [0.5, 0.6) is 0 Å². The monoisotopic (exact) mass is 286 g/mol. The van der Waals surface area contributed by atoms with E-state index < -0.39 is 0 Å². The zero-order valence-corrected chi connectivity index (χ0v) is 12.5. The van der Waals surface area contributed by atoms with Crippen LogP contribution in [-0.4, -0.2) is 36.3 Å². The van der Waals surface area contributed by atoms with Crippen LogP contribution in [0, 0.1) is 0 Å². The number of fused-ring (bicyclic) bond motifs is 1. The SMILES string of the molecule is CN(C(=O)C(=O)N1CCc2ccccc21)C1CCCCC1. The quantitative estimate of drug-likeness (QED) is 0.744. The van der Waals surface area contributed by atoms with E-state index in [1.165, 1.54) is 6.42 Å². The molecule has 0 bridgehead atoms. The summed E-state index contributed by atoms with van der Waals surface area (Å²) in [4.78, 5) is 28.3. The fourth-order valence-electron chi connectivity index (χ4n) is 3.45. The fraction of sp³-hybridized carbons (Fsp3) is 0.529. The maximum atomic E-state index is 12.5. The fourth-order valence-corrected chi connectivity index (χ4v) is 3.45. The van der Waals surface area contributed by atoms with Crippen molar-refractivity contribution in [1.82, 2.24) is 4.90 Å². The summed E-state index contributed by atoms with van der Waals surface area (Å²) in [5.74, 6) is -0.744. The van der Waals surface area contributed by atoms with Crippen LogP contribution >= 0.6 is 0 Å². The van der Waals surface area contributed by atoms with Crippen LogP contribution in [0.25, 0.3) is 0 Å². The molecule has 0 aromatic heterocycles. The third kappa shape index (κ3) is 2.67. The van der Waals surface area contributed by atoms with Gasteiger partial charge in [0.05, 0.1) is 0 Å². The molecule has 3 rings (SSSR count). The summed E-state index contributed by atoms with van der Waals surface area (Å²) in [7, 11) is 1.78. The summed E-state index contributed by atoms with van der Waals surface area (Å²) in [5.41, 5.74) is 2.05. The molecule has 1 aliphatic carbocycles. The number of rotatable bonds is 1. The van der Waals surface area contributed by atoms with E-state index in [2.05, 4.69) is 0 Å². The van der Waals surface area contributed by atoms with E-state index in [1.807, 2.05) is 24.3 Å². The summed E-state index contributed by atoms with van der Waals surface area (Å²) in [6.45, 7) is 0.614. The second-order valence-corrected chi connectivity index (χ2v) is 6.04. The Morgan fingerprint density at radius 2 is 1.86 bits per heavy atom. The molecule has 0 atom stereocenters. The van der Waals surface area contributed by atoms with E-state index in [1.54, 1.807) is 16.8 Å². The third-order valence-corrected chi connectivity index (χ3v) is 4.76. The largest absolute Gasteiger partial charge is 0.335 e. The van der Waals surface area contributed by atoms with Gasteiger partial charge in [0.1, 0.15) is 0 Å². The molecule has 2 amide bonds.